The van der Waals surface area contributed by atoms with E-state index in [-0.39, 0.29) is 19.9 Å². The molecular formula is C15H10N6O4S3. The molecule has 13 heteroatoms. The zero-order valence-corrected chi connectivity index (χ0v) is 16.2. The number of non-ortho nitro benzene ring substituents is 2. The summed E-state index contributed by atoms with van der Waals surface area (Å²) in [5.74, 6) is 0. The number of nitro groups is 2. The van der Waals surface area contributed by atoms with Crippen LogP contribution in [0.2, 0.25) is 0 Å². The van der Waals surface area contributed by atoms with Crippen LogP contribution in [0.15, 0.2) is 58.5 Å². The Hall–Kier alpha value is -2.90. The van der Waals surface area contributed by atoms with Crippen molar-refractivity contribution in [3.05, 3.63) is 68.8 Å². The molecule has 0 fully saturated rings. The van der Waals surface area contributed by atoms with Crippen molar-refractivity contribution in [3.63, 3.8) is 0 Å². The quantitative estimate of drug-likeness (QED) is 0.312. The summed E-state index contributed by atoms with van der Waals surface area (Å²) in [5, 5.41) is 29.7. The summed E-state index contributed by atoms with van der Waals surface area (Å²) in [5.41, 5.74) is 1.48. The monoisotopic (exact) mass is 434 g/mol. The normalized spacial score (nSPS) is 15.6. The Labute approximate surface area is 167 Å². The van der Waals surface area contributed by atoms with E-state index in [4.69, 9.17) is 0 Å². The van der Waals surface area contributed by atoms with E-state index < -0.39 is 9.85 Å². The van der Waals surface area contributed by atoms with Gasteiger partial charge in [-0.05, 0) is 54.4 Å². The van der Waals surface area contributed by atoms with Crippen molar-refractivity contribution in [1.82, 2.24) is 0 Å². The Morgan fingerprint density at radius 2 is 1.14 bits per heavy atom. The smallest absolute Gasteiger partial charge is 0.269 e. The van der Waals surface area contributed by atoms with Crippen LogP contribution in [0.3, 0.4) is 0 Å². The highest BCUT2D eigenvalue weighted by atomic mass is 33.5. The molecule has 0 radical (unpaired) electrons. The van der Waals surface area contributed by atoms with Gasteiger partial charge >= 0.3 is 0 Å². The van der Waals surface area contributed by atoms with E-state index in [0.717, 1.165) is 0 Å². The zero-order chi connectivity index (χ0) is 19.7. The van der Waals surface area contributed by atoms with Gasteiger partial charge < -0.3 is 10.6 Å². The second-order valence-corrected chi connectivity index (χ2v) is 11.0. The van der Waals surface area contributed by atoms with Crippen LogP contribution < -0.4 is 10.6 Å². The predicted octanol–water partition coefficient (Wildman–Crippen LogP) is 4.42. The Bertz CT molecular complexity index is 983. The highest BCUT2D eigenvalue weighted by Crippen LogP contribution is 2.53. The van der Waals surface area contributed by atoms with Gasteiger partial charge in [0.2, 0.25) is 5.11 Å². The average Bonchev–Trinajstić information content (AvgIpc) is 3.20. The number of aliphatic imine (C=N–C) groups is 2. The predicted molar refractivity (Wildman–Crippen MR) is 116 cm³/mol. The van der Waals surface area contributed by atoms with Crippen LogP contribution in [0.25, 0.3) is 0 Å². The van der Waals surface area contributed by atoms with E-state index in [1.807, 2.05) is 0 Å². The van der Waals surface area contributed by atoms with Crippen LogP contribution in [-0.2, 0) is 0 Å². The molecule has 0 saturated heterocycles. The van der Waals surface area contributed by atoms with Gasteiger partial charge in [0.25, 0.3) is 11.4 Å². The first-order valence-electron chi connectivity index (χ1n) is 7.66. The Kier molecular flexibility index (Phi) is 5.02. The molecule has 2 aliphatic rings. The van der Waals surface area contributed by atoms with Gasteiger partial charge in [0.05, 0.1) is 9.85 Å². The minimum Gasteiger partial charge on any atom is -0.334 e. The van der Waals surface area contributed by atoms with Gasteiger partial charge in [0.1, 0.15) is 0 Å². The Morgan fingerprint density at radius 1 is 0.750 bits per heavy atom. The third-order valence-corrected chi connectivity index (χ3v) is 8.97. The number of rotatable bonds is 4. The largest absolute Gasteiger partial charge is 0.334 e. The lowest BCUT2D eigenvalue weighted by Crippen LogP contribution is -2.08. The fraction of sp³-hybridized carbons (Fsp3) is 0. The summed E-state index contributed by atoms with van der Waals surface area (Å²) >= 11 is 0. The molecule has 0 aromatic heterocycles. The van der Waals surface area contributed by atoms with Crippen LogP contribution in [0.1, 0.15) is 0 Å². The molecular weight excluding hydrogens is 424 g/mol. The van der Waals surface area contributed by atoms with E-state index in [2.05, 4.69) is 20.6 Å². The van der Waals surface area contributed by atoms with Crippen LogP contribution in [0, 0.1) is 20.2 Å². The second kappa shape index (κ2) is 7.61. The number of hydrogen-bond acceptors (Lipinski definition) is 10. The van der Waals surface area contributed by atoms with Crippen molar-refractivity contribution in [2.75, 3.05) is 10.6 Å². The number of hydrogen-bond donors (Lipinski definition) is 2. The lowest BCUT2D eigenvalue weighted by atomic mass is 10.3. The number of benzene rings is 2. The van der Waals surface area contributed by atoms with Gasteiger partial charge in [-0.2, -0.15) is 9.98 Å². The molecule has 2 N–H and O–H groups in total. The standard InChI is InChI=1S/C15H10N6O4S3/c22-20(23)11-5-1-9(2-6-11)16-13-18-15-19-14(27-28(15)26-13)17-10-3-7-12(8-4-10)21(24)25/h1-8H,(H,16,18)(H,17,19). The van der Waals surface area contributed by atoms with E-state index in [9.17, 15) is 20.2 Å². The van der Waals surface area contributed by atoms with Crippen molar-refractivity contribution < 1.29 is 9.85 Å². The van der Waals surface area contributed by atoms with Gasteiger partial charge in [-0.1, -0.05) is 0 Å². The van der Waals surface area contributed by atoms with Gasteiger partial charge in [-0.3, -0.25) is 20.2 Å². The highest BCUT2D eigenvalue weighted by molar-refractivity contribution is 9.21. The number of nitrogens with one attached hydrogen (secondary N) is 2. The zero-order valence-electron chi connectivity index (χ0n) is 13.8. The topological polar surface area (TPSA) is 135 Å². The maximum atomic E-state index is 10.7. The van der Waals surface area contributed by atoms with E-state index in [0.29, 0.717) is 26.8 Å². The van der Waals surface area contributed by atoms with E-state index in [1.165, 1.54) is 45.9 Å². The first kappa shape index (κ1) is 18.5. The molecule has 0 bridgehead atoms. The minimum atomic E-state index is -0.446. The lowest BCUT2D eigenvalue weighted by Gasteiger charge is -2.08. The average molecular weight is 434 g/mol. The van der Waals surface area contributed by atoms with Crippen molar-refractivity contribution >= 4 is 68.3 Å². The van der Waals surface area contributed by atoms with Gasteiger partial charge in [-0.25, -0.2) is 0 Å². The molecule has 28 heavy (non-hydrogen) atoms. The molecule has 2 aromatic rings. The molecule has 142 valence electrons. The summed E-state index contributed by atoms with van der Waals surface area (Å²) in [4.78, 5) is 29.4. The Balaban J connectivity index is 1.38. The van der Waals surface area contributed by atoms with E-state index in [1.54, 1.807) is 24.3 Å². The van der Waals surface area contributed by atoms with Crippen molar-refractivity contribution in [2.45, 2.75) is 0 Å². The molecule has 0 spiro atoms. The third kappa shape index (κ3) is 4.00. The molecule has 0 unspecified atom stereocenters. The molecule has 2 heterocycles. The number of amidine groups is 2. The van der Waals surface area contributed by atoms with Crippen LogP contribution >= 0.6 is 30.1 Å². The molecule has 0 amide bonds. The molecule has 2 aliphatic heterocycles. The summed E-state index contributed by atoms with van der Waals surface area (Å²) < 4.78 is 0. The Morgan fingerprint density at radius 3 is 1.46 bits per heavy atom. The fourth-order valence-electron chi connectivity index (χ4n) is 2.22. The molecule has 10 nitrogen and oxygen atoms in total. The number of nitro benzene ring substituents is 2. The fourth-order valence-corrected chi connectivity index (χ4v) is 7.50. The van der Waals surface area contributed by atoms with Crippen LogP contribution in [0.5, 0.6) is 0 Å². The maximum Gasteiger partial charge on any atom is 0.269 e. The molecule has 2 aromatic carbocycles. The molecule has 4 rings (SSSR count). The molecule has 0 saturated carbocycles. The number of anilines is 2. The highest BCUT2D eigenvalue weighted by Gasteiger charge is 2.26. The van der Waals surface area contributed by atoms with Crippen LogP contribution in [-0.4, -0.2) is 25.3 Å². The summed E-state index contributed by atoms with van der Waals surface area (Å²) in [6.45, 7) is 0. The molecule has 0 aliphatic carbocycles. The first-order chi connectivity index (χ1) is 13.5. The van der Waals surface area contributed by atoms with Crippen molar-refractivity contribution in [3.8, 4) is 0 Å². The summed E-state index contributed by atoms with van der Waals surface area (Å²) in [6.07, 6.45) is 0. The number of nitrogens with zero attached hydrogens (tertiary/aromatic N) is 4. The van der Waals surface area contributed by atoms with E-state index >= 15 is 0 Å². The SMILES string of the molecule is O=[N+]([O-])c1ccc(NC2=NC3=S(S2)SC(Nc2ccc([N+](=O)[O-])cc2)=N3)cc1. The van der Waals surface area contributed by atoms with Gasteiger partial charge in [-0.15, -0.1) is 0 Å². The maximum absolute atomic E-state index is 10.7. The van der Waals surface area contributed by atoms with Crippen LogP contribution in [0.4, 0.5) is 22.7 Å². The van der Waals surface area contributed by atoms with Gasteiger partial charge in [0.15, 0.2) is 10.3 Å². The van der Waals surface area contributed by atoms with Gasteiger partial charge in [0, 0.05) is 35.6 Å². The van der Waals surface area contributed by atoms with Crippen molar-refractivity contribution in [1.29, 1.82) is 0 Å². The minimum absolute atomic E-state index is 0.0294. The lowest BCUT2D eigenvalue weighted by molar-refractivity contribution is -0.385. The summed E-state index contributed by atoms with van der Waals surface area (Å²) in [7, 11) is 2.75. The molecule has 0 atom stereocenters. The second-order valence-electron chi connectivity index (χ2n) is 5.38. The first-order valence-corrected chi connectivity index (χ1v) is 11.6. The third-order valence-electron chi connectivity index (χ3n) is 3.51. The van der Waals surface area contributed by atoms with Crippen molar-refractivity contribution in [2.24, 2.45) is 9.98 Å². The summed E-state index contributed by atoms with van der Waals surface area (Å²) in [6, 6.07) is 12.2.